The highest BCUT2D eigenvalue weighted by atomic mass is 14.5. The van der Waals surface area contributed by atoms with Crippen LogP contribution in [0.4, 0.5) is 5.69 Å². The molecule has 17 heavy (non-hydrogen) atoms. The molecule has 2 atom stereocenters. The quantitative estimate of drug-likeness (QED) is 0.592. The number of rotatable bonds is 2. The average molecular weight is 227 g/mol. The first-order valence-corrected chi connectivity index (χ1v) is 6.26. The molecule has 0 saturated carbocycles. The van der Waals surface area contributed by atoms with Crippen molar-refractivity contribution in [2.75, 3.05) is 5.73 Å². The van der Waals surface area contributed by atoms with Crippen molar-refractivity contribution in [3.63, 3.8) is 0 Å². The van der Waals surface area contributed by atoms with E-state index in [9.17, 15) is 0 Å². The second-order valence-electron chi connectivity index (χ2n) is 5.20. The van der Waals surface area contributed by atoms with Gasteiger partial charge in [-0.3, -0.25) is 0 Å². The summed E-state index contributed by atoms with van der Waals surface area (Å²) in [5.74, 6) is 1.05. The first-order chi connectivity index (χ1) is 8.08. The number of hydrogen-bond acceptors (Lipinski definition) is 1. The molecular weight excluding hydrogens is 206 g/mol. The van der Waals surface area contributed by atoms with Crippen molar-refractivity contribution in [2.24, 2.45) is 5.92 Å². The van der Waals surface area contributed by atoms with Gasteiger partial charge in [-0.2, -0.15) is 0 Å². The average Bonchev–Trinajstić information content (AvgIpc) is 2.29. The van der Waals surface area contributed by atoms with Crippen LogP contribution in [0.3, 0.4) is 0 Å². The topological polar surface area (TPSA) is 26.0 Å². The predicted molar refractivity (Wildman–Crippen MR) is 74.9 cm³/mol. The molecule has 0 bridgehead atoms. The van der Waals surface area contributed by atoms with Crippen molar-refractivity contribution < 1.29 is 0 Å². The van der Waals surface area contributed by atoms with Crippen LogP contribution < -0.4 is 5.73 Å². The van der Waals surface area contributed by atoms with Crippen LogP contribution in [-0.4, -0.2) is 0 Å². The molecule has 0 amide bonds. The monoisotopic (exact) mass is 227 g/mol. The van der Waals surface area contributed by atoms with E-state index in [2.05, 4.69) is 38.6 Å². The van der Waals surface area contributed by atoms with Crippen molar-refractivity contribution in [2.45, 2.75) is 32.6 Å². The zero-order valence-corrected chi connectivity index (χ0v) is 10.7. The molecule has 1 aromatic rings. The zero-order valence-electron chi connectivity index (χ0n) is 10.7. The number of allylic oxidation sites excluding steroid dienone is 3. The maximum absolute atomic E-state index is 5.74. The van der Waals surface area contributed by atoms with E-state index in [1.807, 2.05) is 12.1 Å². The van der Waals surface area contributed by atoms with E-state index >= 15 is 0 Å². The third-order valence-corrected chi connectivity index (χ3v) is 3.70. The molecule has 0 fully saturated rings. The summed E-state index contributed by atoms with van der Waals surface area (Å²) in [5.41, 5.74) is 10.7. The minimum absolute atomic E-state index is 0.474. The number of nitrogens with two attached hydrogens (primary N) is 1. The molecule has 1 aliphatic carbocycles. The minimum atomic E-state index is 0.474. The van der Waals surface area contributed by atoms with Gasteiger partial charge >= 0.3 is 0 Å². The summed E-state index contributed by atoms with van der Waals surface area (Å²) in [4.78, 5) is 0. The lowest BCUT2D eigenvalue weighted by molar-refractivity contribution is 0.483. The zero-order chi connectivity index (χ0) is 12.4. The van der Waals surface area contributed by atoms with E-state index in [0.29, 0.717) is 11.8 Å². The molecule has 2 rings (SSSR count). The molecule has 0 heterocycles. The van der Waals surface area contributed by atoms with E-state index in [1.54, 1.807) is 0 Å². The lowest BCUT2D eigenvalue weighted by Crippen LogP contribution is -2.16. The Morgan fingerprint density at radius 3 is 2.53 bits per heavy atom. The first kappa shape index (κ1) is 12.0. The lowest BCUT2D eigenvalue weighted by atomic mass is 9.74. The highest BCUT2D eigenvalue weighted by Gasteiger charge is 2.25. The predicted octanol–water partition coefficient (Wildman–Crippen LogP) is 4.28. The smallest absolute Gasteiger partial charge is 0.0314 e. The Hall–Kier alpha value is -1.50. The van der Waals surface area contributed by atoms with Gasteiger partial charge in [-0.1, -0.05) is 35.9 Å². The van der Waals surface area contributed by atoms with Crippen LogP contribution in [0.2, 0.25) is 0 Å². The Bertz CT molecular complexity index is 439. The van der Waals surface area contributed by atoms with Crippen LogP contribution in [0.5, 0.6) is 0 Å². The van der Waals surface area contributed by atoms with Crippen molar-refractivity contribution >= 4 is 5.69 Å². The van der Waals surface area contributed by atoms with Crippen LogP contribution in [0.25, 0.3) is 0 Å². The summed E-state index contributed by atoms with van der Waals surface area (Å²) >= 11 is 0. The Labute approximate surface area is 104 Å². The third-order valence-electron chi connectivity index (χ3n) is 3.70. The molecule has 0 spiro atoms. The van der Waals surface area contributed by atoms with Crippen LogP contribution in [0.1, 0.15) is 38.2 Å². The summed E-state index contributed by atoms with van der Waals surface area (Å²) in [6, 6.07) is 8.27. The fourth-order valence-corrected chi connectivity index (χ4v) is 2.67. The molecule has 1 heteroatoms. The fourth-order valence-electron chi connectivity index (χ4n) is 2.67. The Morgan fingerprint density at radius 1 is 1.29 bits per heavy atom. The van der Waals surface area contributed by atoms with Gasteiger partial charge in [-0.05, 0) is 50.3 Å². The molecular formula is C16H21N. The number of benzene rings is 1. The van der Waals surface area contributed by atoms with Gasteiger partial charge in [0.25, 0.3) is 0 Å². The molecule has 1 unspecified atom stereocenters. The van der Waals surface area contributed by atoms with Gasteiger partial charge in [0.15, 0.2) is 0 Å². The highest BCUT2D eigenvalue weighted by Crippen LogP contribution is 2.39. The van der Waals surface area contributed by atoms with Gasteiger partial charge in [0.1, 0.15) is 0 Å². The van der Waals surface area contributed by atoms with E-state index in [4.69, 9.17) is 5.73 Å². The van der Waals surface area contributed by atoms with E-state index in [1.165, 1.54) is 29.6 Å². The fraction of sp³-hybridized carbons (Fsp3) is 0.375. The molecule has 2 N–H and O–H groups in total. The molecule has 0 radical (unpaired) electrons. The Morgan fingerprint density at radius 2 is 1.94 bits per heavy atom. The largest absolute Gasteiger partial charge is 0.399 e. The Kier molecular flexibility index (Phi) is 3.37. The van der Waals surface area contributed by atoms with Crippen molar-refractivity contribution in [3.8, 4) is 0 Å². The standard InChI is InChI=1S/C16H21N/c1-11(2)15-9-4-12(3)10-16(15)13-5-7-14(17)8-6-13/h5-8,10,15-16H,1,4,9,17H2,2-3H3/t15-,16?/m0/s1. The first-order valence-electron chi connectivity index (χ1n) is 6.26. The summed E-state index contributed by atoms with van der Waals surface area (Å²) in [7, 11) is 0. The summed E-state index contributed by atoms with van der Waals surface area (Å²) in [6.45, 7) is 8.51. The van der Waals surface area contributed by atoms with Crippen LogP contribution in [0, 0.1) is 5.92 Å². The van der Waals surface area contributed by atoms with E-state index in [0.717, 1.165) is 5.69 Å². The number of anilines is 1. The molecule has 0 aliphatic heterocycles. The summed E-state index contributed by atoms with van der Waals surface area (Å²) < 4.78 is 0. The summed E-state index contributed by atoms with van der Waals surface area (Å²) in [5, 5.41) is 0. The van der Waals surface area contributed by atoms with Gasteiger partial charge in [0, 0.05) is 11.6 Å². The van der Waals surface area contributed by atoms with Gasteiger partial charge < -0.3 is 5.73 Å². The van der Waals surface area contributed by atoms with Crippen molar-refractivity contribution in [1.82, 2.24) is 0 Å². The normalized spacial score (nSPS) is 24.2. The van der Waals surface area contributed by atoms with Gasteiger partial charge in [-0.25, -0.2) is 0 Å². The maximum Gasteiger partial charge on any atom is 0.0314 e. The van der Waals surface area contributed by atoms with E-state index in [-0.39, 0.29) is 0 Å². The lowest BCUT2D eigenvalue weighted by Gasteiger charge is -2.30. The second-order valence-corrected chi connectivity index (χ2v) is 5.20. The van der Waals surface area contributed by atoms with Crippen LogP contribution in [0.15, 0.2) is 48.1 Å². The summed E-state index contributed by atoms with van der Waals surface area (Å²) in [6.07, 6.45) is 4.81. The third kappa shape index (κ3) is 2.60. The SMILES string of the molecule is C=C(C)[C@@H]1CCC(C)=CC1c1ccc(N)cc1. The Balaban J connectivity index is 2.35. The van der Waals surface area contributed by atoms with Crippen LogP contribution >= 0.6 is 0 Å². The molecule has 0 aromatic heterocycles. The number of hydrogen-bond donors (Lipinski definition) is 1. The molecule has 0 saturated heterocycles. The minimum Gasteiger partial charge on any atom is -0.399 e. The van der Waals surface area contributed by atoms with Gasteiger partial charge in [0.2, 0.25) is 0 Å². The second kappa shape index (κ2) is 4.79. The highest BCUT2D eigenvalue weighted by molar-refractivity contribution is 5.42. The van der Waals surface area contributed by atoms with Gasteiger partial charge in [0.05, 0.1) is 0 Å². The number of nitrogen functional groups attached to an aromatic ring is 1. The maximum atomic E-state index is 5.74. The molecule has 1 nitrogen and oxygen atoms in total. The van der Waals surface area contributed by atoms with Crippen LogP contribution in [-0.2, 0) is 0 Å². The van der Waals surface area contributed by atoms with Crippen molar-refractivity contribution in [1.29, 1.82) is 0 Å². The molecule has 90 valence electrons. The molecule has 1 aromatic carbocycles. The molecule has 1 aliphatic rings. The van der Waals surface area contributed by atoms with Crippen molar-refractivity contribution in [3.05, 3.63) is 53.6 Å². The van der Waals surface area contributed by atoms with Gasteiger partial charge in [-0.15, -0.1) is 0 Å². The van der Waals surface area contributed by atoms with E-state index < -0.39 is 0 Å².